The van der Waals surface area contributed by atoms with Crippen LogP contribution in [0, 0.1) is 0 Å². The second-order valence-electron chi connectivity index (χ2n) is 9.35. The normalized spacial score (nSPS) is 16.0. The number of aliphatic carboxylic acids is 1. The van der Waals surface area contributed by atoms with Crippen LogP contribution in [-0.4, -0.2) is 69.9 Å². The van der Waals surface area contributed by atoms with Crippen LogP contribution in [0.4, 0.5) is 5.69 Å². The lowest BCUT2D eigenvalue weighted by Gasteiger charge is -2.23. The molecule has 0 saturated carbocycles. The van der Waals surface area contributed by atoms with Crippen molar-refractivity contribution < 1.29 is 34.8 Å². The van der Waals surface area contributed by atoms with Crippen LogP contribution in [-0.2, 0) is 15.2 Å². The summed E-state index contributed by atoms with van der Waals surface area (Å²) in [6.07, 6.45) is -1.06. The third kappa shape index (κ3) is 8.33. The van der Waals surface area contributed by atoms with Crippen molar-refractivity contribution in [3.8, 4) is 5.75 Å². The first-order valence-corrected chi connectivity index (χ1v) is 12.1. The Labute approximate surface area is 223 Å². The maximum Gasteiger partial charge on any atom is 0.305 e. The fraction of sp³-hybridized carbons (Fsp3) is 0.360. The number of hydrogen-bond acceptors (Lipinski definition) is 9. The van der Waals surface area contributed by atoms with Gasteiger partial charge in [0.2, 0.25) is 5.91 Å². The van der Waals surface area contributed by atoms with E-state index in [1.165, 1.54) is 24.3 Å². The molecule has 0 spiro atoms. The van der Waals surface area contributed by atoms with Crippen LogP contribution in [0.25, 0.3) is 0 Å². The Bertz CT molecular complexity index is 1250. The highest BCUT2D eigenvalue weighted by Gasteiger charge is 2.23. The first-order chi connectivity index (χ1) is 17.8. The second kappa shape index (κ2) is 12.1. The number of carboxylic acids is 1. The monoisotopic (exact) mass is 547 g/mol. The molecule has 204 valence electrons. The van der Waals surface area contributed by atoms with Crippen LogP contribution in [0.3, 0.4) is 0 Å². The van der Waals surface area contributed by atoms with E-state index in [9.17, 15) is 34.8 Å². The summed E-state index contributed by atoms with van der Waals surface area (Å²) in [5, 5.41) is 50.3. The topological polar surface area (TPSA) is 193 Å². The number of benzene rings is 2. The van der Waals surface area contributed by atoms with Gasteiger partial charge in [-0.1, -0.05) is 17.7 Å². The molecule has 0 aromatic heterocycles. The fourth-order valence-electron chi connectivity index (χ4n) is 3.67. The van der Waals surface area contributed by atoms with E-state index in [4.69, 9.17) is 11.6 Å². The molecule has 1 aliphatic rings. The number of halogens is 1. The van der Waals surface area contributed by atoms with Crippen molar-refractivity contribution >= 4 is 41.0 Å². The fourth-order valence-corrected chi connectivity index (χ4v) is 3.91. The van der Waals surface area contributed by atoms with Gasteiger partial charge in [0.1, 0.15) is 5.75 Å². The van der Waals surface area contributed by atoms with Crippen LogP contribution < -0.4 is 21.3 Å². The van der Waals surface area contributed by atoms with Gasteiger partial charge in [0, 0.05) is 28.9 Å². The molecule has 13 heteroatoms. The number of β-amino-alcohol motifs (C(OH)–C–C–N with tert-alkyl or cyclic N) is 1. The third-order valence-corrected chi connectivity index (χ3v) is 5.78. The zero-order valence-electron chi connectivity index (χ0n) is 20.8. The number of nitrogens with one attached hydrogen (secondary N) is 4. The molecule has 2 unspecified atom stereocenters. The molecule has 0 aliphatic carbocycles. The molecule has 2 aromatic rings. The predicted molar refractivity (Wildman–Crippen MR) is 140 cm³/mol. The Balaban J connectivity index is 1.67. The van der Waals surface area contributed by atoms with Crippen LogP contribution >= 0.6 is 11.6 Å². The van der Waals surface area contributed by atoms with Gasteiger partial charge in [-0.25, -0.2) is 0 Å². The number of aromatic hydroxyl groups is 1. The van der Waals surface area contributed by atoms with Crippen LogP contribution in [0.1, 0.15) is 47.8 Å². The number of nitrogens with zero attached hydrogens (tertiary/aromatic N) is 1. The van der Waals surface area contributed by atoms with Gasteiger partial charge in [0.05, 0.1) is 37.3 Å². The molecule has 0 fully saturated rings. The molecule has 0 saturated heterocycles. The van der Waals surface area contributed by atoms with Gasteiger partial charge < -0.3 is 41.7 Å². The highest BCUT2D eigenvalue weighted by Crippen LogP contribution is 2.29. The van der Waals surface area contributed by atoms with Crippen LogP contribution in [0.15, 0.2) is 41.4 Å². The van der Waals surface area contributed by atoms with Gasteiger partial charge in [-0.3, -0.25) is 19.4 Å². The molecule has 8 N–H and O–H groups in total. The van der Waals surface area contributed by atoms with E-state index in [1.807, 2.05) is 0 Å². The van der Waals surface area contributed by atoms with Crippen molar-refractivity contribution in [2.45, 2.75) is 38.0 Å². The smallest absolute Gasteiger partial charge is 0.305 e. The average molecular weight is 548 g/mol. The lowest BCUT2D eigenvalue weighted by atomic mass is 9.93. The minimum Gasteiger partial charge on any atom is -0.508 e. The average Bonchev–Trinajstić information content (AvgIpc) is 2.82. The van der Waals surface area contributed by atoms with Crippen molar-refractivity contribution in [1.82, 2.24) is 16.0 Å². The lowest BCUT2D eigenvalue weighted by Crippen LogP contribution is -2.42. The van der Waals surface area contributed by atoms with Gasteiger partial charge in [-0.15, -0.1) is 0 Å². The van der Waals surface area contributed by atoms with Crippen LogP contribution in [0.5, 0.6) is 5.75 Å². The number of aliphatic hydroxyl groups excluding tert-OH is 1. The largest absolute Gasteiger partial charge is 0.508 e. The number of aliphatic hydroxyl groups is 2. The van der Waals surface area contributed by atoms with E-state index in [2.05, 4.69) is 26.3 Å². The Morgan fingerprint density at radius 3 is 2.55 bits per heavy atom. The van der Waals surface area contributed by atoms with E-state index >= 15 is 0 Å². The quantitative estimate of drug-likeness (QED) is 0.227. The summed E-state index contributed by atoms with van der Waals surface area (Å²) >= 11 is 6.16. The number of carboxylic acid groups (broad SMARTS) is 1. The van der Waals surface area contributed by atoms with Crippen molar-refractivity contribution in [3.05, 3.63) is 58.1 Å². The van der Waals surface area contributed by atoms with Crippen LogP contribution in [0.2, 0.25) is 5.02 Å². The predicted octanol–water partition coefficient (Wildman–Crippen LogP) is 1.07. The van der Waals surface area contributed by atoms with Crippen molar-refractivity contribution in [3.63, 3.8) is 0 Å². The standard InChI is InChI=1S/C25H30ClN5O7/c1-25(2,38)15-3-13(4-16(26)7-15)20(9-22(35)36)31-21(34)12-27-23(37)14-5-17(8-18(32)6-14)30-24-28-10-19(33)11-29-24/h3-8,19-20,32-33,38H,9-12H2,1-2H3,(H,27,37)(H,31,34)(H,35,36)(H2,28,29,30). The van der Waals surface area contributed by atoms with E-state index in [-0.39, 0.29) is 22.9 Å². The Kier molecular flexibility index (Phi) is 9.15. The molecular formula is C25H30ClN5O7. The Morgan fingerprint density at radius 1 is 1.18 bits per heavy atom. The molecule has 12 nitrogen and oxygen atoms in total. The highest BCUT2D eigenvalue weighted by atomic mass is 35.5. The zero-order valence-corrected chi connectivity index (χ0v) is 21.5. The highest BCUT2D eigenvalue weighted by molar-refractivity contribution is 6.30. The van der Waals surface area contributed by atoms with Crippen molar-refractivity contribution in [1.29, 1.82) is 0 Å². The van der Waals surface area contributed by atoms with Gasteiger partial charge in [-0.2, -0.15) is 0 Å². The van der Waals surface area contributed by atoms with E-state index < -0.39 is 48.5 Å². The first-order valence-electron chi connectivity index (χ1n) is 11.7. The molecule has 3 rings (SSSR count). The summed E-state index contributed by atoms with van der Waals surface area (Å²) < 4.78 is 0. The molecule has 38 heavy (non-hydrogen) atoms. The number of rotatable bonds is 9. The molecule has 2 aromatic carbocycles. The number of anilines is 1. The SMILES string of the molecule is CC(C)(O)c1cc(Cl)cc(C(CC(=O)O)NC(=O)CNC(=O)c2cc(O)cc(NC3=NCC(O)CN3)c2)c1. The maximum absolute atomic E-state index is 12.7. The molecule has 2 amide bonds. The van der Waals surface area contributed by atoms with Crippen molar-refractivity contribution in [2.24, 2.45) is 4.99 Å². The molecule has 0 bridgehead atoms. The lowest BCUT2D eigenvalue weighted by molar-refractivity contribution is -0.137. The van der Waals surface area contributed by atoms with E-state index in [1.54, 1.807) is 26.0 Å². The first kappa shape index (κ1) is 28.7. The number of phenolic OH excluding ortho intramolecular Hbond substituents is 1. The molecule has 1 aliphatic heterocycles. The Morgan fingerprint density at radius 2 is 1.92 bits per heavy atom. The van der Waals surface area contributed by atoms with Gasteiger partial charge in [0.25, 0.3) is 5.91 Å². The van der Waals surface area contributed by atoms with Gasteiger partial charge in [-0.05, 0) is 49.2 Å². The Hall–Kier alpha value is -3.87. The molecule has 1 heterocycles. The third-order valence-electron chi connectivity index (χ3n) is 5.56. The van der Waals surface area contributed by atoms with E-state index in [0.717, 1.165) is 0 Å². The maximum atomic E-state index is 12.7. The number of phenols is 1. The number of carbonyl (C=O) groups is 3. The minimum absolute atomic E-state index is 0.0588. The van der Waals surface area contributed by atoms with E-state index in [0.29, 0.717) is 29.3 Å². The number of amides is 2. The summed E-state index contributed by atoms with van der Waals surface area (Å²) in [5.74, 6) is -2.33. The summed E-state index contributed by atoms with van der Waals surface area (Å²) in [6, 6.07) is 7.67. The second-order valence-corrected chi connectivity index (χ2v) is 9.79. The summed E-state index contributed by atoms with van der Waals surface area (Å²) in [5.41, 5.74) is -0.0128. The summed E-state index contributed by atoms with van der Waals surface area (Å²) in [7, 11) is 0. The molecule has 0 radical (unpaired) electrons. The number of hydrogen-bond donors (Lipinski definition) is 8. The number of guanidine groups is 1. The number of carbonyl (C=O) groups excluding carboxylic acids is 2. The zero-order chi connectivity index (χ0) is 28.0. The number of aliphatic imine (C=N–C) groups is 1. The van der Waals surface area contributed by atoms with Gasteiger partial charge in [0.15, 0.2) is 5.96 Å². The van der Waals surface area contributed by atoms with Crippen molar-refractivity contribution in [2.75, 3.05) is 25.0 Å². The molecular weight excluding hydrogens is 518 g/mol. The molecule has 2 atom stereocenters. The summed E-state index contributed by atoms with van der Waals surface area (Å²) in [6.45, 7) is 3.12. The summed E-state index contributed by atoms with van der Waals surface area (Å²) in [4.78, 5) is 40.9. The van der Waals surface area contributed by atoms with Gasteiger partial charge >= 0.3 is 5.97 Å². The minimum atomic E-state index is -1.25.